The Hall–Kier alpha value is -0.640. The fraction of sp³-hybridized carbons (Fsp3) is 0.286. The van der Waals surface area contributed by atoms with Gasteiger partial charge in [-0.15, -0.1) is 11.3 Å². The van der Waals surface area contributed by atoms with Crippen LogP contribution in [-0.2, 0) is 0 Å². The number of hydrogen-bond donors (Lipinski definition) is 1. The van der Waals surface area contributed by atoms with Crippen LogP contribution < -0.4 is 5.32 Å². The van der Waals surface area contributed by atoms with Gasteiger partial charge >= 0.3 is 0 Å². The maximum atomic E-state index is 3.60. The van der Waals surface area contributed by atoms with Crippen LogP contribution in [-0.4, -0.2) is 7.05 Å². The molecule has 2 rings (SSSR count). The summed E-state index contributed by atoms with van der Waals surface area (Å²) in [6.45, 7) is 4.33. The van der Waals surface area contributed by atoms with Gasteiger partial charge in [0.2, 0.25) is 0 Å². The third-order valence-corrected chi connectivity index (χ3v) is 5.02. The Morgan fingerprint density at radius 1 is 1.24 bits per heavy atom. The van der Waals surface area contributed by atoms with E-state index in [9.17, 15) is 0 Å². The van der Waals surface area contributed by atoms with Crippen LogP contribution in [0.15, 0.2) is 34.1 Å². The Bertz CT molecular complexity index is 519. The summed E-state index contributed by atoms with van der Waals surface area (Å²) >= 11 is 5.41. The summed E-state index contributed by atoms with van der Waals surface area (Å²) < 4.78 is 1.17. The van der Waals surface area contributed by atoms with E-state index in [2.05, 4.69) is 64.7 Å². The lowest BCUT2D eigenvalue weighted by Gasteiger charge is -2.19. The zero-order valence-electron chi connectivity index (χ0n) is 10.3. The lowest BCUT2D eigenvalue weighted by Crippen LogP contribution is -2.18. The molecule has 0 amide bonds. The van der Waals surface area contributed by atoms with Crippen LogP contribution in [0.2, 0.25) is 0 Å². The van der Waals surface area contributed by atoms with Gasteiger partial charge in [0.15, 0.2) is 0 Å². The number of nitrogens with one attached hydrogen (secondary N) is 1. The van der Waals surface area contributed by atoms with Crippen LogP contribution in [0.5, 0.6) is 0 Å². The molecule has 0 aliphatic heterocycles. The van der Waals surface area contributed by atoms with Gasteiger partial charge in [0, 0.05) is 9.35 Å². The first-order valence-corrected chi connectivity index (χ1v) is 7.28. The third kappa shape index (κ3) is 2.46. The molecule has 0 spiro atoms. The molecule has 3 heteroatoms. The number of thiophene rings is 1. The Morgan fingerprint density at radius 3 is 2.59 bits per heavy atom. The first-order valence-electron chi connectivity index (χ1n) is 5.61. The molecule has 1 aromatic heterocycles. The van der Waals surface area contributed by atoms with E-state index in [0.29, 0.717) is 0 Å². The van der Waals surface area contributed by atoms with Crippen molar-refractivity contribution in [2.45, 2.75) is 19.9 Å². The molecule has 0 bridgehead atoms. The molecule has 0 saturated carbocycles. The van der Waals surface area contributed by atoms with Crippen molar-refractivity contribution in [1.29, 1.82) is 0 Å². The molecular formula is C14H16BrNS. The van der Waals surface area contributed by atoms with Crippen molar-refractivity contribution < 1.29 is 0 Å². The van der Waals surface area contributed by atoms with E-state index in [1.807, 2.05) is 18.4 Å². The minimum Gasteiger partial charge on any atom is -0.309 e. The molecule has 1 unspecified atom stereocenters. The fourth-order valence-corrected chi connectivity index (χ4v) is 3.48. The highest BCUT2D eigenvalue weighted by molar-refractivity contribution is 9.10. The van der Waals surface area contributed by atoms with Crippen LogP contribution in [0.1, 0.15) is 27.6 Å². The van der Waals surface area contributed by atoms with E-state index >= 15 is 0 Å². The molecule has 2 aromatic rings. The Morgan fingerprint density at radius 2 is 2.00 bits per heavy atom. The van der Waals surface area contributed by atoms with Crippen molar-refractivity contribution >= 4 is 27.3 Å². The van der Waals surface area contributed by atoms with E-state index in [-0.39, 0.29) is 6.04 Å². The lowest BCUT2D eigenvalue weighted by atomic mass is 9.98. The zero-order valence-corrected chi connectivity index (χ0v) is 12.7. The summed E-state index contributed by atoms with van der Waals surface area (Å²) in [5.74, 6) is 0. The minimum atomic E-state index is 0.285. The highest BCUT2D eigenvalue weighted by Crippen LogP contribution is 2.32. The minimum absolute atomic E-state index is 0.285. The maximum Gasteiger partial charge on any atom is 0.0674 e. The Labute approximate surface area is 115 Å². The highest BCUT2D eigenvalue weighted by atomic mass is 79.9. The molecule has 17 heavy (non-hydrogen) atoms. The second-order valence-corrected chi connectivity index (χ2v) is 5.95. The van der Waals surface area contributed by atoms with Crippen molar-refractivity contribution in [1.82, 2.24) is 5.32 Å². The molecular weight excluding hydrogens is 294 g/mol. The molecule has 0 fully saturated rings. The van der Waals surface area contributed by atoms with Gasteiger partial charge in [0.1, 0.15) is 0 Å². The summed E-state index contributed by atoms with van der Waals surface area (Å²) in [5.41, 5.74) is 4.00. The van der Waals surface area contributed by atoms with Gasteiger partial charge in [0.05, 0.1) is 6.04 Å². The second-order valence-electron chi connectivity index (χ2n) is 4.14. The Kier molecular flexibility index (Phi) is 4.02. The third-order valence-electron chi connectivity index (χ3n) is 3.07. The first kappa shape index (κ1) is 12.8. The van der Waals surface area contributed by atoms with Crippen LogP contribution >= 0.6 is 27.3 Å². The van der Waals surface area contributed by atoms with Crippen molar-refractivity contribution in [2.24, 2.45) is 0 Å². The molecule has 1 atom stereocenters. The SMILES string of the molecule is CNC(c1cccc(Br)c1C)c1sccc1C. The predicted molar refractivity (Wildman–Crippen MR) is 78.8 cm³/mol. The van der Waals surface area contributed by atoms with Crippen molar-refractivity contribution in [2.75, 3.05) is 7.05 Å². The van der Waals surface area contributed by atoms with E-state index in [0.717, 1.165) is 0 Å². The molecule has 1 nitrogen and oxygen atoms in total. The van der Waals surface area contributed by atoms with E-state index in [4.69, 9.17) is 0 Å². The number of hydrogen-bond acceptors (Lipinski definition) is 2. The lowest BCUT2D eigenvalue weighted by molar-refractivity contribution is 0.695. The van der Waals surface area contributed by atoms with Crippen LogP contribution in [0, 0.1) is 13.8 Å². The predicted octanol–water partition coefficient (Wildman–Crippen LogP) is 4.44. The van der Waals surface area contributed by atoms with E-state index in [1.54, 1.807) is 0 Å². The van der Waals surface area contributed by atoms with Crippen molar-refractivity contribution in [3.63, 3.8) is 0 Å². The molecule has 90 valence electrons. The maximum absolute atomic E-state index is 3.60. The van der Waals surface area contributed by atoms with E-state index < -0.39 is 0 Å². The number of rotatable bonds is 3. The normalized spacial score (nSPS) is 12.7. The van der Waals surface area contributed by atoms with Crippen LogP contribution in [0.4, 0.5) is 0 Å². The Balaban J connectivity index is 2.50. The summed E-state index contributed by atoms with van der Waals surface area (Å²) in [7, 11) is 2.02. The van der Waals surface area contributed by atoms with Gasteiger partial charge in [-0.05, 0) is 55.1 Å². The van der Waals surface area contributed by atoms with Gasteiger partial charge in [-0.2, -0.15) is 0 Å². The standard InChI is InChI=1S/C14H16BrNS/c1-9-7-8-17-14(9)13(16-3)11-5-4-6-12(15)10(11)2/h4-8,13,16H,1-3H3. The fourth-order valence-electron chi connectivity index (χ4n) is 2.04. The van der Waals surface area contributed by atoms with E-state index in [1.165, 1.54) is 26.0 Å². The summed E-state index contributed by atoms with van der Waals surface area (Å²) in [5, 5.41) is 5.57. The molecule has 0 radical (unpaired) electrons. The molecule has 0 aliphatic carbocycles. The second kappa shape index (κ2) is 5.34. The number of benzene rings is 1. The van der Waals surface area contributed by atoms with Crippen LogP contribution in [0.25, 0.3) is 0 Å². The van der Waals surface area contributed by atoms with Gasteiger partial charge in [0.25, 0.3) is 0 Å². The molecule has 1 heterocycles. The number of halogens is 1. The molecule has 0 aliphatic rings. The smallest absolute Gasteiger partial charge is 0.0674 e. The van der Waals surface area contributed by atoms with Gasteiger partial charge in [-0.3, -0.25) is 0 Å². The van der Waals surface area contributed by atoms with Crippen molar-refractivity contribution in [3.05, 3.63) is 55.7 Å². The van der Waals surface area contributed by atoms with Crippen molar-refractivity contribution in [3.8, 4) is 0 Å². The van der Waals surface area contributed by atoms with Gasteiger partial charge < -0.3 is 5.32 Å². The van der Waals surface area contributed by atoms with Gasteiger partial charge in [-0.25, -0.2) is 0 Å². The first-order chi connectivity index (χ1) is 8.15. The summed E-state index contributed by atoms with van der Waals surface area (Å²) in [6, 6.07) is 8.84. The van der Waals surface area contributed by atoms with Crippen LogP contribution in [0.3, 0.4) is 0 Å². The van der Waals surface area contributed by atoms with Gasteiger partial charge in [-0.1, -0.05) is 28.1 Å². The topological polar surface area (TPSA) is 12.0 Å². The largest absolute Gasteiger partial charge is 0.309 e. The zero-order chi connectivity index (χ0) is 12.4. The molecule has 1 N–H and O–H groups in total. The highest BCUT2D eigenvalue weighted by Gasteiger charge is 2.17. The summed E-state index contributed by atoms with van der Waals surface area (Å²) in [6.07, 6.45) is 0. The quantitative estimate of drug-likeness (QED) is 0.884. The monoisotopic (exact) mass is 309 g/mol. The average molecular weight is 310 g/mol. The molecule has 1 aromatic carbocycles. The molecule has 0 saturated heterocycles. The number of aryl methyl sites for hydroxylation is 1. The summed E-state index contributed by atoms with van der Waals surface area (Å²) in [4.78, 5) is 1.40. The average Bonchev–Trinajstić information content (AvgIpc) is 2.72.